The molecule has 0 aliphatic heterocycles. The number of rotatable bonds is 9. The van der Waals surface area contributed by atoms with E-state index in [9.17, 15) is 18.0 Å². The van der Waals surface area contributed by atoms with Crippen molar-refractivity contribution in [2.24, 2.45) is 5.92 Å². The van der Waals surface area contributed by atoms with Crippen LogP contribution >= 0.6 is 0 Å². The molecule has 1 atom stereocenters. The average molecular weight is 624 g/mol. The Bertz CT molecular complexity index is 1740. The van der Waals surface area contributed by atoms with Gasteiger partial charge in [-0.15, -0.1) is 0 Å². The minimum Gasteiger partial charge on any atom is -0.468 e. The second-order valence-electron chi connectivity index (χ2n) is 11.8. The summed E-state index contributed by atoms with van der Waals surface area (Å²) >= 11 is 0. The lowest BCUT2D eigenvalue weighted by Gasteiger charge is -2.31. The molecule has 5 aromatic rings. The molecule has 4 aromatic carbocycles. The van der Waals surface area contributed by atoms with Crippen molar-refractivity contribution in [3.63, 3.8) is 0 Å². The summed E-state index contributed by atoms with van der Waals surface area (Å²) in [4.78, 5) is 16.8. The summed E-state index contributed by atoms with van der Waals surface area (Å²) in [6.45, 7) is 0.0486. The zero-order valence-electron chi connectivity index (χ0n) is 25.6. The molecule has 0 bridgehead atoms. The molecular weight excluding hydrogens is 587 g/mol. The van der Waals surface area contributed by atoms with Crippen LogP contribution in [0, 0.1) is 5.92 Å². The molecule has 236 valence electrons. The Kier molecular flexibility index (Phi) is 9.24. The summed E-state index contributed by atoms with van der Waals surface area (Å²) in [5.41, 5.74) is 5.61. The molecule has 0 saturated heterocycles. The van der Waals surface area contributed by atoms with Gasteiger partial charge in [0.25, 0.3) is 0 Å². The quantitative estimate of drug-likeness (QED) is 0.166. The number of carbonyl (C=O) groups is 1. The fourth-order valence-electron chi connectivity index (χ4n) is 6.39. The van der Waals surface area contributed by atoms with Crippen LogP contribution < -0.4 is 5.32 Å². The molecular formula is C38H36F3N3O2. The van der Waals surface area contributed by atoms with E-state index in [0.717, 1.165) is 71.7 Å². The molecule has 1 N–H and O–H groups in total. The Hall–Kier alpha value is -4.85. The molecule has 0 spiro atoms. The lowest BCUT2D eigenvalue weighted by atomic mass is 9.76. The molecule has 5 nitrogen and oxygen atoms in total. The van der Waals surface area contributed by atoms with E-state index in [-0.39, 0.29) is 18.4 Å². The number of hydrogen-bond acceptors (Lipinski definition) is 4. The first-order valence-electron chi connectivity index (χ1n) is 15.6. The molecule has 8 heteroatoms. The van der Waals surface area contributed by atoms with Crippen molar-refractivity contribution in [1.82, 2.24) is 9.55 Å². The zero-order valence-corrected chi connectivity index (χ0v) is 25.6. The van der Waals surface area contributed by atoms with Crippen molar-refractivity contribution in [3.8, 4) is 28.1 Å². The number of carbonyl (C=O) groups excluding carboxylic acids is 1. The van der Waals surface area contributed by atoms with Gasteiger partial charge in [0.05, 0.1) is 18.4 Å². The van der Waals surface area contributed by atoms with Gasteiger partial charge in [-0.1, -0.05) is 86.0 Å². The maximum atomic E-state index is 13.3. The monoisotopic (exact) mass is 623 g/mol. The number of imidazole rings is 1. The van der Waals surface area contributed by atoms with Crippen LogP contribution in [-0.4, -0.2) is 29.2 Å². The van der Waals surface area contributed by atoms with Crippen molar-refractivity contribution in [1.29, 1.82) is 0 Å². The maximum absolute atomic E-state index is 13.3. The number of halogens is 3. The normalized spacial score (nSPS) is 14.5. The van der Waals surface area contributed by atoms with E-state index in [2.05, 4.69) is 46.3 Å². The highest BCUT2D eigenvalue weighted by Crippen LogP contribution is 2.42. The van der Waals surface area contributed by atoms with Crippen molar-refractivity contribution in [2.45, 2.75) is 44.2 Å². The summed E-state index contributed by atoms with van der Waals surface area (Å²) in [5, 5.41) is 3.06. The number of esters is 1. The number of hydrogen-bond donors (Lipinski definition) is 1. The van der Waals surface area contributed by atoms with Gasteiger partial charge in [0.15, 0.2) is 0 Å². The number of ether oxygens (including phenoxy) is 1. The smallest absolute Gasteiger partial charge is 0.416 e. The molecule has 46 heavy (non-hydrogen) atoms. The van der Waals surface area contributed by atoms with E-state index in [4.69, 9.17) is 9.72 Å². The molecule has 0 amide bonds. The fraction of sp³-hybridized carbons (Fsp3) is 0.263. The van der Waals surface area contributed by atoms with Crippen LogP contribution in [0.3, 0.4) is 0 Å². The van der Waals surface area contributed by atoms with Gasteiger partial charge >= 0.3 is 12.1 Å². The molecule has 1 fully saturated rings. The summed E-state index contributed by atoms with van der Waals surface area (Å²) in [7, 11) is 1.35. The topological polar surface area (TPSA) is 56.1 Å². The summed E-state index contributed by atoms with van der Waals surface area (Å²) < 4.78 is 46.9. The van der Waals surface area contributed by atoms with Crippen LogP contribution in [0.1, 0.15) is 55.0 Å². The molecule has 1 heterocycles. The van der Waals surface area contributed by atoms with Crippen LogP contribution in [0.2, 0.25) is 0 Å². The van der Waals surface area contributed by atoms with E-state index in [1.165, 1.54) is 25.7 Å². The third kappa shape index (κ3) is 7.01. The predicted octanol–water partition coefficient (Wildman–Crippen LogP) is 9.52. The van der Waals surface area contributed by atoms with Gasteiger partial charge in [0, 0.05) is 29.1 Å². The van der Waals surface area contributed by atoms with Gasteiger partial charge < -0.3 is 14.6 Å². The van der Waals surface area contributed by atoms with Crippen LogP contribution in [0.15, 0.2) is 109 Å². The Morgan fingerprint density at radius 1 is 0.848 bits per heavy atom. The van der Waals surface area contributed by atoms with Crippen molar-refractivity contribution in [3.05, 3.63) is 126 Å². The molecule has 1 unspecified atom stereocenters. The number of aromatic nitrogens is 2. The van der Waals surface area contributed by atoms with Crippen molar-refractivity contribution >= 4 is 11.7 Å². The Morgan fingerprint density at radius 3 is 2.11 bits per heavy atom. The van der Waals surface area contributed by atoms with Gasteiger partial charge in [-0.2, -0.15) is 13.2 Å². The van der Waals surface area contributed by atoms with E-state index in [1.807, 2.05) is 48.7 Å². The highest BCUT2D eigenvalue weighted by molar-refractivity contribution is 5.75. The molecule has 6 rings (SSSR count). The third-order valence-corrected chi connectivity index (χ3v) is 8.83. The fourth-order valence-corrected chi connectivity index (χ4v) is 6.39. The number of benzene rings is 4. The van der Waals surface area contributed by atoms with Gasteiger partial charge in [0.2, 0.25) is 0 Å². The van der Waals surface area contributed by atoms with E-state index >= 15 is 0 Å². The molecule has 1 saturated carbocycles. The first kappa shape index (κ1) is 31.1. The van der Waals surface area contributed by atoms with Gasteiger partial charge in [-0.3, -0.25) is 4.79 Å². The standard InChI is InChI=1S/C38H36F3N3O2/c1-46-35(45)24-42-32-20-22-33(23-21-32)44-25-34(28-16-18-31(19-17-28)38(39,40)41)43-37(44)36(29-10-6-3-7-11-29)30-14-12-27(13-15-30)26-8-4-2-5-9-26/h2,4-5,8-9,12-23,25,29,36,42H,3,6-7,10-11,24H2,1H3. The van der Waals surface area contributed by atoms with Gasteiger partial charge in [-0.05, 0) is 71.8 Å². The molecule has 0 radical (unpaired) electrons. The Labute approximate surface area is 267 Å². The second-order valence-corrected chi connectivity index (χ2v) is 11.8. The van der Waals surface area contributed by atoms with Crippen molar-refractivity contribution < 1.29 is 22.7 Å². The first-order valence-corrected chi connectivity index (χ1v) is 15.6. The minimum atomic E-state index is -4.41. The predicted molar refractivity (Wildman–Crippen MR) is 175 cm³/mol. The van der Waals surface area contributed by atoms with Crippen LogP contribution in [0.4, 0.5) is 18.9 Å². The first-order chi connectivity index (χ1) is 22.3. The van der Waals surface area contributed by atoms with Crippen LogP contribution in [0.25, 0.3) is 28.1 Å². The lowest BCUT2D eigenvalue weighted by Crippen LogP contribution is -2.21. The Balaban J connectivity index is 1.43. The highest BCUT2D eigenvalue weighted by atomic mass is 19.4. The van der Waals surface area contributed by atoms with E-state index in [0.29, 0.717) is 17.2 Å². The molecule has 1 aliphatic rings. The number of anilines is 1. The highest BCUT2D eigenvalue weighted by Gasteiger charge is 2.32. The minimum absolute atomic E-state index is 0.0227. The zero-order chi connectivity index (χ0) is 32.1. The average Bonchev–Trinajstić information content (AvgIpc) is 3.53. The number of alkyl halides is 3. The maximum Gasteiger partial charge on any atom is 0.416 e. The van der Waals surface area contributed by atoms with Crippen LogP contribution in [-0.2, 0) is 15.7 Å². The third-order valence-electron chi connectivity index (χ3n) is 8.83. The van der Waals surface area contributed by atoms with E-state index < -0.39 is 11.7 Å². The summed E-state index contributed by atoms with van der Waals surface area (Å²) in [6, 6.07) is 31.9. The largest absolute Gasteiger partial charge is 0.468 e. The Morgan fingerprint density at radius 2 is 1.48 bits per heavy atom. The van der Waals surface area contributed by atoms with E-state index in [1.54, 1.807) is 0 Å². The summed E-state index contributed by atoms with van der Waals surface area (Å²) in [6.07, 6.45) is 3.16. The molecule has 1 aromatic heterocycles. The van der Waals surface area contributed by atoms with Crippen LogP contribution in [0.5, 0.6) is 0 Å². The molecule has 1 aliphatic carbocycles. The van der Waals surface area contributed by atoms with Crippen molar-refractivity contribution in [2.75, 3.05) is 19.0 Å². The number of nitrogens with zero attached hydrogens (tertiary/aromatic N) is 2. The lowest BCUT2D eigenvalue weighted by molar-refractivity contribution is -0.139. The number of methoxy groups -OCH3 is 1. The van der Waals surface area contributed by atoms with Gasteiger partial charge in [0.1, 0.15) is 12.4 Å². The summed E-state index contributed by atoms with van der Waals surface area (Å²) in [5.74, 6) is 0.824. The second kappa shape index (κ2) is 13.6. The van der Waals surface area contributed by atoms with Gasteiger partial charge in [-0.25, -0.2) is 4.98 Å². The number of nitrogens with one attached hydrogen (secondary N) is 1. The SMILES string of the molecule is COC(=O)CNc1ccc(-n2cc(-c3ccc(C(F)(F)F)cc3)nc2C(c2ccc(-c3ccccc3)cc2)C2CCCCC2)cc1.